The molecule has 0 atom stereocenters. The lowest BCUT2D eigenvalue weighted by molar-refractivity contribution is 0.602. The Balaban J connectivity index is 2.02. The van der Waals surface area contributed by atoms with Gasteiger partial charge >= 0.3 is 0 Å². The third-order valence-corrected chi connectivity index (χ3v) is 3.15. The minimum atomic E-state index is 0.744. The molecule has 0 spiro atoms. The topological polar surface area (TPSA) is 29.9 Å². The smallest absolute Gasteiger partial charge is 0.0640 e. The number of benzene rings is 1. The lowest BCUT2D eigenvalue weighted by Crippen LogP contribution is -2.01. The van der Waals surface area contributed by atoms with E-state index in [-0.39, 0.29) is 0 Å². The highest BCUT2D eigenvalue weighted by Gasteiger charge is 2.04. The molecule has 1 aromatic carbocycles. The van der Waals surface area contributed by atoms with E-state index in [9.17, 15) is 0 Å². The number of anilines is 1. The highest BCUT2D eigenvalue weighted by atomic mass is 35.5. The van der Waals surface area contributed by atoms with Crippen molar-refractivity contribution in [3.8, 4) is 0 Å². The zero-order valence-corrected chi connectivity index (χ0v) is 11.5. The van der Waals surface area contributed by atoms with E-state index in [1.807, 2.05) is 23.0 Å². The van der Waals surface area contributed by atoms with Gasteiger partial charge in [-0.05, 0) is 25.0 Å². The van der Waals surface area contributed by atoms with Crippen LogP contribution in [0.5, 0.6) is 0 Å². The van der Waals surface area contributed by atoms with Crippen LogP contribution in [-0.2, 0) is 13.1 Å². The molecule has 2 rings (SSSR count). The van der Waals surface area contributed by atoms with Crippen LogP contribution < -0.4 is 5.32 Å². The van der Waals surface area contributed by atoms with Gasteiger partial charge in [0.25, 0.3) is 0 Å². The van der Waals surface area contributed by atoms with Gasteiger partial charge in [0, 0.05) is 24.8 Å². The van der Waals surface area contributed by atoms with Crippen LogP contribution in [0.2, 0.25) is 5.02 Å². The van der Waals surface area contributed by atoms with Crippen molar-refractivity contribution in [2.75, 3.05) is 5.32 Å². The van der Waals surface area contributed by atoms with Gasteiger partial charge in [-0.1, -0.05) is 30.7 Å². The Bertz CT molecular complexity index is 499. The van der Waals surface area contributed by atoms with Crippen LogP contribution in [0.3, 0.4) is 0 Å². The second kappa shape index (κ2) is 5.91. The number of para-hydroxylation sites is 1. The number of aromatic nitrogens is 2. The average Bonchev–Trinajstić information content (AvgIpc) is 2.77. The van der Waals surface area contributed by atoms with Crippen molar-refractivity contribution in [3.63, 3.8) is 0 Å². The lowest BCUT2D eigenvalue weighted by Gasteiger charge is -2.10. The summed E-state index contributed by atoms with van der Waals surface area (Å²) in [6, 6.07) is 5.91. The first-order valence-corrected chi connectivity index (χ1v) is 6.59. The summed E-state index contributed by atoms with van der Waals surface area (Å²) in [6.45, 7) is 5.90. The van der Waals surface area contributed by atoms with Gasteiger partial charge in [-0.3, -0.25) is 4.68 Å². The molecule has 0 saturated heterocycles. The van der Waals surface area contributed by atoms with Crippen LogP contribution in [0.1, 0.15) is 24.5 Å². The fourth-order valence-electron chi connectivity index (χ4n) is 1.90. The molecule has 1 aromatic heterocycles. The molecule has 0 fully saturated rings. The monoisotopic (exact) mass is 263 g/mol. The average molecular weight is 264 g/mol. The van der Waals surface area contributed by atoms with Crippen LogP contribution in [0.15, 0.2) is 30.6 Å². The summed E-state index contributed by atoms with van der Waals surface area (Å²) in [7, 11) is 0. The lowest BCUT2D eigenvalue weighted by atomic mass is 10.2. The summed E-state index contributed by atoms with van der Waals surface area (Å²) in [5.41, 5.74) is 3.33. The first kappa shape index (κ1) is 13.0. The fourth-order valence-corrected chi connectivity index (χ4v) is 2.18. The number of hydrogen-bond acceptors (Lipinski definition) is 2. The molecule has 0 saturated carbocycles. The molecule has 0 aliphatic heterocycles. The highest BCUT2D eigenvalue weighted by Crippen LogP contribution is 2.25. The predicted octanol–water partition coefficient (Wildman–Crippen LogP) is 3.87. The highest BCUT2D eigenvalue weighted by molar-refractivity contribution is 6.33. The molecule has 0 aliphatic rings. The van der Waals surface area contributed by atoms with Crippen LogP contribution in [0, 0.1) is 6.92 Å². The number of nitrogens with one attached hydrogen (secondary N) is 1. The quantitative estimate of drug-likeness (QED) is 0.888. The molecule has 0 bridgehead atoms. The third kappa shape index (κ3) is 3.05. The SMILES string of the molecule is CCCn1cc(CNc2c(C)cccc2Cl)cn1. The summed E-state index contributed by atoms with van der Waals surface area (Å²) in [4.78, 5) is 0. The molecule has 1 heterocycles. The number of aryl methyl sites for hydroxylation is 2. The van der Waals surface area contributed by atoms with Gasteiger partial charge in [-0.25, -0.2) is 0 Å². The van der Waals surface area contributed by atoms with Crippen molar-refractivity contribution in [1.29, 1.82) is 0 Å². The van der Waals surface area contributed by atoms with Crippen LogP contribution >= 0.6 is 11.6 Å². The summed E-state index contributed by atoms with van der Waals surface area (Å²) >= 11 is 6.17. The van der Waals surface area contributed by atoms with Gasteiger partial charge in [-0.15, -0.1) is 0 Å². The summed E-state index contributed by atoms with van der Waals surface area (Å²) in [5.74, 6) is 0. The third-order valence-electron chi connectivity index (χ3n) is 2.83. The van der Waals surface area contributed by atoms with Crippen molar-refractivity contribution in [1.82, 2.24) is 9.78 Å². The predicted molar refractivity (Wildman–Crippen MR) is 76.0 cm³/mol. The van der Waals surface area contributed by atoms with Crippen molar-refractivity contribution >= 4 is 17.3 Å². The normalized spacial score (nSPS) is 10.6. The molecule has 0 aliphatic carbocycles. The molecular weight excluding hydrogens is 246 g/mol. The van der Waals surface area contributed by atoms with Crippen molar-refractivity contribution in [3.05, 3.63) is 46.7 Å². The van der Waals surface area contributed by atoms with Crippen molar-refractivity contribution < 1.29 is 0 Å². The first-order chi connectivity index (χ1) is 8.70. The second-order valence-electron chi connectivity index (χ2n) is 4.40. The molecule has 1 N–H and O–H groups in total. The van der Waals surface area contributed by atoms with Gasteiger partial charge in [-0.2, -0.15) is 5.10 Å². The van der Waals surface area contributed by atoms with Crippen LogP contribution in [-0.4, -0.2) is 9.78 Å². The van der Waals surface area contributed by atoms with E-state index in [4.69, 9.17) is 11.6 Å². The molecule has 0 unspecified atom stereocenters. The molecule has 0 radical (unpaired) electrons. The van der Waals surface area contributed by atoms with Gasteiger partial charge in [0.2, 0.25) is 0 Å². The number of nitrogens with zero attached hydrogens (tertiary/aromatic N) is 2. The molecular formula is C14H18ClN3. The van der Waals surface area contributed by atoms with E-state index in [2.05, 4.69) is 36.5 Å². The van der Waals surface area contributed by atoms with Gasteiger partial charge in [0.1, 0.15) is 0 Å². The van der Waals surface area contributed by atoms with E-state index in [0.717, 1.165) is 35.8 Å². The maximum Gasteiger partial charge on any atom is 0.0640 e. The molecule has 3 nitrogen and oxygen atoms in total. The van der Waals surface area contributed by atoms with E-state index in [0.29, 0.717) is 0 Å². The Labute approximate surface area is 113 Å². The maximum atomic E-state index is 6.17. The van der Waals surface area contributed by atoms with Gasteiger partial charge in [0.15, 0.2) is 0 Å². The van der Waals surface area contributed by atoms with E-state index < -0.39 is 0 Å². The zero-order chi connectivity index (χ0) is 13.0. The Hall–Kier alpha value is -1.48. The zero-order valence-electron chi connectivity index (χ0n) is 10.8. The van der Waals surface area contributed by atoms with Crippen molar-refractivity contribution in [2.24, 2.45) is 0 Å². The molecule has 4 heteroatoms. The summed E-state index contributed by atoms with van der Waals surface area (Å²) in [5, 5.41) is 8.43. The molecule has 18 heavy (non-hydrogen) atoms. The number of halogens is 1. The number of hydrogen-bond donors (Lipinski definition) is 1. The summed E-state index contributed by atoms with van der Waals surface area (Å²) < 4.78 is 1.97. The minimum Gasteiger partial charge on any atom is -0.379 e. The van der Waals surface area contributed by atoms with Crippen LogP contribution in [0.25, 0.3) is 0 Å². The first-order valence-electron chi connectivity index (χ1n) is 6.21. The second-order valence-corrected chi connectivity index (χ2v) is 4.80. The molecule has 2 aromatic rings. The van der Waals surface area contributed by atoms with Gasteiger partial charge in [0.05, 0.1) is 16.9 Å². The number of rotatable bonds is 5. The van der Waals surface area contributed by atoms with Crippen molar-refractivity contribution in [2.45, 2.75) is 33.4 Å². The fraction of sp³-hybridized carbons (Fsp3) is 0.357. The van der Waals surface area contributed by atoms with E-state index in [1.165, 1.54) is 5.56 Å². The molecule has 96 valence electrons. The Morgan fingerprint density at radius 1 is 1.39 bits per heavy atom. The van der Waals surface area contributed by atoms with Gasteiger partial charge < -0.3 is 5.32 Å². The Morgan fingerprint density at radius 3 is 2.94 bits per heavy atom. The molecule has 0 amide bonds. The maximum absolute atomic E-state index is 6.17. The van der Waals surface area contributed by atoms with E-state index in [1.54, 1.807) is 0 Å². The Kier molecular flexibility index (Phi) is 4.26. The minimum absolute atomic E-state index is 0.744. The van der Waals surface area contributed by atoms with Crippen LogP contribution in [0.4, 0.5) is 5.69 Å². The van der Waals surface area contributed by atoms with E-state index >= 15 is 0 Å². The largest absolute Gasteiger partial charge is 0.379 e. The summed E-state index contributed by atoms with van der Waals surface area (Å²) in [6.07, 6.45) is 5.07. The Morgan fingerprint density at radius 2 is 2.22 bits per heavy atom. The standard InChI is InChI=1S/C14H18ClN3/c1-3-7-18-10-12(9-17-18)8-16-14-11(2)5-4-6-13(14)15/h4-6,9-10,16H,3,7-8H2,1-2H3.